The summed E-state index contributed by atoms with van der Waals surface area (Å²) in [7, 11) is 0. The van der Waals surface area contributed by atoms with Gasteiger partial charge in [0.15, 0.2) is 16.6 Å². The standard InChI is InChI=1S/C13H12N4O2S/c1-2-11-16-8-5-7(3-4-10(8)19-11)15-12(18)9-6-20-13(14)17-9/h3-6H,2H2,1H3,(H2,14,17)(H,15,18). The second-order valence-electron chi connectivity index (χ2n) is 4.17. The molecule has 0 fully saturated rings. The van der Waals surface area contributed by atoms with Crippen LogP contribution in [0.25, 0.3) is 11.1 Å². The van der Waals surface area contributed by atoms with Gasteiger partial charge in [-0.3, -0.25) is 4.79 Å². The van der Waals surface area contributed by atoms with Crippen molar-refractivity contribution in [3.8, 4) is 0 Å². The maximum Gasteiger partial charge on any atom is 0.275 e. The normalized spacial score (nSPS) is 10.8. The minimum Gasteiger partial charge on any atom is -0.441 e. The SMILES string of the molecule is CCc1nc2cc(NC(=O)c3csc(N)n3)ccc2o1. The van der Waals surface area contributed by atoms with Crippen molar-refractivity contribution in [2.45, 2.75) is 13.3 Å². The smallest absolute Gasteiger partial charge is 0.275 e. The summed E-state index contributed by atoms with van der Waals surface area (Å²) in [5.74, 6) is 0.382. The Balaban J connectivity index is 1.85. The quantitative estimate of drug-likeness (QED) is 0.772. The first-order valence-electron chi connectivity index (χ1n) is 6.07. The van der Waals surface area contributed by atoms with Gasteiger partial charge < -0.3 is 15.5 Å². The number of aromatic nitrogens is 2. The molecule has 3 rings (SSSR count). The van der Waals surface area contributed by atoms with E-state index < -0.39 is 0 Å². The van der Waals surface area contributed by atoms with Crippen LogP contribution in [0, 0.1) is 0 Å². The van der Waals surface area contributed by atoms with E-state index in [9.17, 15) is 4.79 Å². The molecule has 0 bridgehead atoms. The molecule has 0 aliphatic carbocycles. The van der Waals surface area contributed by atoms with Crippen molar-refractivity contribution < 1.29 is 9.21 Å². The van der Waals surface area contributed by atoms with Gasteiger partial charge in [0.2, 0.25) is 0 Å². The zero-order valence-corrected chi connectivity index (χ0v) is 11.5. The number of hydrogen-bond donors (Lipinski definition) is 2. The van der Waals surface area contributed by atoms with Gasteiger partial charge in [0.05, 0.1) is 0 Å². The summed E-state index contributed by atoms with van der Waals surface area (Å²) in [6.07, 6.45) is 0.731. The highest BCUT2D eigenvalue weighted by Crippen LogP contribution is 2.21. The zero-order chi connectivity index (χ0) is 14.1. The number of nitrogens with one attached hydrogen (secondary N) is 1. The number of carbonyl (C=O) groups excluding carboxylic acids is 1. The topological polar surface area (TPSA) is 94.0 Å². The maximum atomic E-state index is 12.0. The first kappa shape index (κ1) is 12.6. The molecule has 0 saturated carbocycles. The zero-order valence-electron chi connectivity index (χ0n) is 10.7. The molecule has 2 heterocycles. The maximum absolute atomic E-state index is 12.0. The number of hydrogen-bond acceptors (Lipinski definition) is 6. The molecule has 3 aromatic rings. The molecule has 6 nitrogen and oxygen atoms in total. The number of nitrogen functional groups attached to an aromatic ring is 1. The number of aryl methyl sites for hydroxylation is 1. The lowest BCUT2D eigenvalue weighted by Gasteiger charge is -2.02. The number of anilines is 2. The number of oxazole rings is 1. The predicted molar refractivity (Wildman–Crippen MR) is 77.9 cm³/mol. The summed E-state index contributed by atoms with van der Waals surface area (Å²) in [5, 5.41) is 4.75. The highest BCUT2D eigenvalue weighted by atomic mass is 32.1. The average Bonchev–Trinajstić information content (AvgIpc) is 3.03. The van der Waals surface area contributed by atoms with E-state index in [2.05, 4.69) is 15.3 Å². The van der Waals surface area contributed by atoms with Crippen LogP contribution in [0.1, 0.15) is 23.3 Å². The lowest BCUT2D eigenvalue weighted by Crippen LogP contribution is -2.12. The van der Waals surface area contributed by atoms with Gasteiger partial charge in [0.25, 0.3) is 5.91 Å². The lowest BCUT2D eigenvalue weighted by atomic mass is 10.3. The number of amides is 1. The molecule has 7 heteroatoms. The Labute approximate surface area is 118 Å². The van der Waals surface area contributed by atoms with Crippen LogP contribution in [0.2, 0.25) is 0 Å². The van der Waals surface area contributed by atoms with Gasteiger partial charge >= 0.3 is 0 Å². The fourth-order valence-electron chi connectivity index (χ4n) is 1.79. The van der Waals surface area contributed by atoms with Gasteiger partial charge in [0, 0.05) is 17.5 Å². The molecule has 0 radical (unpaired) electrons. The molecule has 2 aromatic heterocycles. The molecule has 1 aromatic carbocycles. The molecule has 0 unspecified atom stereocenters. The van der Waals surface area contributed by atoms with E-state index in [1.807, 2.05) is 6.92 Å². The molecule has 0 spiro atoms. The number of thiazole rings is 1. The second kappa shape index (κ2) is 4.93. The average molecular weight is 288 g/mol. The molecule has 20 heavy (non-hydrogen) atoms. The van der Waals surface area contributed by atoms with Crippen molar-refractivity contribution in [1.82, 2.24) is 9.97 Å². The molecule has 0 atom stereocenters. The molecule has 0 aliphatic rings. The summed E-state index contributed by atoms with van der Waals surface area (Å²) in [5.41, 5.74) is 7.88. The Morgan fingerprint density at radius 1 is 1.45 bits per heavy atom. The van der Waals surface area contributed by atoms with Gasteiger partial charge in [-0.1, -0.05) is 6.92 Å². The molecular weight excluding hydrogens is 276 g/mol. The number of nitrogens with zero attached hydrogens (tertiary/aromatic N) is 2. The summed E-state index contributed by atoms with van der Waals surface area (Å²) >= 11 is 1.23. The van der Waals surface area contributed by atoms with E-state index in [0.29, 0.717) is 28.0 Å². The minimum atomic E-state index is -0.295. The van der Waals surface area contributed by atoms with E-state index >= 15 is 0 Å². The van der Waals surface area contributed by atoms with Gasteiger partial charge in [-0.25, -0.2) is 9.97 Å². The number of nitrogens with two attached hydrogens (primary N) is 1. The third-order valence-corrected chi connectivity index (χ3v) is 3.42. The first-order chi connectivity index (χ1) is 9.65. The molecule has 1 amide bonds. The Morgan fingerprint density at radius 2 is 2.30 bits per heavy atom. The van der Waals surface area contributed by atoms with Crippen molar-refractivity contribution in [1.29, 1.82) is 0 Å². The van der Waals surface area contributed by atoms with E-state index in [0.717, 1.165) is 11.9 Å². The molecular formula is C13H12N4O2S. The van der Waals surface area contributed by atoms with E-state index in [4.69, 9.17) is 10.2 Å². The van der Waals surface area contributed by atoms with Crippen LogP contribution in [-0.4, -0.2) is 15.9 Å². The van der Waals surface area contributed by atoms with Crippen LogP contribution in [0.5, 0.6) is 0 Å². The Bertz CT molecular complexity index is 778. The van der Waals surface area contributed by atoms with E-state index in [1.54, 1.807) is 23.6 Å². The summed E-state index contributed by atoms with van der Waals surface area (Å²) in [6, 6.07) is 5.32. The Kier molecular flexibility index (Phi) is 3.11. The minimum absolute atomic E-state index is 0.295. The lowest BCUT2D eigenvalue weighted by molar-refractivity contribution is 0.102. The summed E-state index contributed by atoms with van der Waals surface area (Å²) < 4.78 is 5.51. The van der Waals surface area contributed by atoms with Gasteiger partial charge in [-0.05, 0) is 18.2 Å². The summed E-state index contributed by atoms with van der Waals surface area (Å²) in [4.78, 5) is 20.2. The second-order valence-corrected chi connectivity index (χ2v) is 5.06. The fraction of sp³-hybridized carbons (Fsp3) is 0.154. The third kappa shape index (κ3) is 2.35. The Morgan fingerprint density at radius 3 is 3.00 bits per heavy atom. The van der Waals surface area contributed by atoms with Crippen molar-refractivity contribution in [2.75, 3.05) is 11.1 Å². The van der Waals surface area contributed by atoms with E-state index in [1.165, 1.54) is 11.3 Å². The fourth-order valence-corrected chi connectivity index (χ4v) is 2.33. The predicted octanol–water partition coefficient (Wildman–Crippen LogP) is 2.68. The van der Waals surface area contributed by atoms with Crippen molar-refractivity contribution in [3.63, 3.8) is 0 Å². The highest BCUT2D eigenvalue weighted by molar-refractivity contribution is 7.13. The molecule has 3 N–H and O–H groups in total. The van der Waals surface area contributed by atoms with Crippen molar-refractivity contribution >= 4 is 39.2 Å². The highest BCUT2D eigenvalue weighted by Gasteiger charge is 2.11. The molecule has 0 saturated heterocycles. The Hall–Kier alpha value is -2.41. The third-order valence-electron chi connectivity index (χ3n) is 2.75. The first-order valence-corrected chi connectivity index (χ1v) is 6.95. The summed E-state index contributed by atoms with van der Waals surface area (Å²) in [6.45, 7) is 1.97. The van der Waals surface area contributed by atoms with Crippen LogP contribution in [0.15, 0.2) is 28.0 Å². The number of rotatable bonds is 3. The van der Waals surface area contributed by atoms with E-state index in [-0.39, 0.29) is 5.91 Å². The van der Waals surface area contributed by atoms with Gasteiger partial charge in [0.1, 0.15) is 11.2 Å². The van der Waals surface area contributed by atoms with Crippen LogP contribution < -0.4 is 11.1 Å². The number of carbonyl (C=O) groups is 1. The number of benzene rings is 1. The van der Waals surface area contributed by atoms with Crippen molar-refractivity contribution in [2.24, 2.45) is 0 Å². The monoisotopic (exact) mass is 288 g/mol. The van der Waals surface area contributed by atoms with Crippen LogP contribution >= 0.6 is 11.3 Å². The molecule has 102 valence electrons. The van der Waals surface area contributed by atoms with Crippen molar-refractivity contribution in [3.05, 3.63) is 35.2 Å². The van der Waals surface area contributed by atoms with Gasteiger partial charge in [-0.2, -0.15) is 0 Å². The number of fused-ring (bicyclic) bond motifs is 1. The van der Waals surface area contributed by atoms with Crippen LogP contribution in [0.3, 0.4) is 0 Å². The van der Waals surface area contributed by atoms with Crippen LogP contribution in [0.4, 0.5) is 10.8 Å². The van der Waals surface area contributed by atoms with Gasteiger partial charge in [-0.15, -0.1) is 11.3 Å². The van der Waals surface area contributed by atoms with Crippen LogP contribution in [-0.2, 0) is 6.42 Å². The largest absolute Gasteiger partial charge is 0.441 e. The molecule has 0 aliphatic heterocycles.